The molecule has 0 aromatic rings. The summed E-state index contributed by atoms with van der Waals surface area (Å²) in [4.78, 5) is 14.8. The third kappa shape index (κ3) is 1.81. The van der Waals surface area contributed by atoms with E-state index in [4.69, 9.17) is 5.11 Å². The van der Waals surface area contributed by atoms with Crippen LogP contribution in [-0.2, 0) is 0 Å². The number of hydrogen-bond donors (Lipinski definition) is 1. The molecule has 0 radical (unpaired) electrons. The lowest BCUT2D eigenvalue weighted by molar-refractivity contribution is 0.0662. The summed E-state index contributed by atoms with van der Waals surface area (Å²) in [6, 6.07) is 0.339. The van der Waals surface area contributed by atoms with E-state index < -0.39 is 6.09 Å². The van der Waals surface area contributed by atoms with Crippen molar-refractivity contribution >= 4 is 6.09 Å². The lowest BCUT2D eigenvalue weighted by Gasteiger charge is -2.48. The number of rotatable bonds is 0. The van der Waals surface area contributed by atoms with Crippen molar-refractivity contribution in [3.8, 4) is 0 Å². The molecule has 3 rings (SSSR count). The fraction of sp³-hybridized carbons (Fsp3) is 0.615. The summed E-state index contributed by atoms with van der Waals surface area (Å²) in [5, 5.41) is 9.06. The van der Waals surface area contributed by atoms with Gasteiger partial charge in [0.1, 0.15) is 0 Å². The van der Waals surface area contributed by atoms with E-state index in [1.807, 2.05) is 6.20 Å². The molecule has 1 N–H and O–H groups in total. The average Bonchev–Trinajstić information content (AvgIpc) is 2.38. The van der Waals surface area contributed by atoms with Gasteiger partial charge in [-0.15, -0.1) is 0 Å². The molecule has 1 amide bonds. The number of nitrogens with zero attached hydrogens (tertiary/aromatic N) is 2. The maximum Gasteiger partial charge on any atom is 0.411 e. The van der Waals surface area contributed by atoms with Crippen molar-refractivity contribution in [1.82, 2.24) is 9.80 Å². The molecule has 17 heavy (non-hydrogen) atoms. The van der Waals surface area contributed by atoms with Gasteiger partial charge in [-0.05, 0) is 25.2 Å². The smallest absolute Gasteiger partial charge is 0.411 e. The first-order chi connectivity index (χ1) is 8.25. The van der Waals surface area contributed by atoms with Crippen molar-refractivity contribution in [2.45, 2.75) is 25.3 Å². The Bertz CT molecular complexity index is 378. The third-order valence-corrected chi connectivity index (χ3v) is 4.30. The number of piperidine rings is 1. The van der Waals surface area contributed by atoms with E-state index in [0.29, 0.717) is 18.5 Å². The monoisotopic (exact) mass is 234 g/mol. The number of hydrogen-bond acceptors (Lipinski definition) is 2. The maximum absolute atomic E-state index is 11.0. The zero-order valence-electron chi connectivity index (χ0n) is 9.83. The van der Waals surface area contributed by atoms with E-state index in [-0.39, 0.29) is 0 Å². The van der Waals surface area contributed by atoms with Crippen LogP contribution < -0.4 is 0 Å². The van der Waals surface area contributed by atoms with Crippen LogP contribution in [0.4, 0.5) is 4.79 Å². The van der Waals surface area contributed by atoms with Crippen LogP contribution in [0.25, 0.3) is 0 Å². The topological polar surface area (TPSA) is 43.8 Å². The molecule has 0 spiro atoms. The molecule has 1 aliphatic carbocycles. The van der Waals surface area contributed by atoms with Gasteiger partial charge in [-0.25, -0.2) is 4.79 Å². The van der Waals surface area contributed by atoms with Gasteiger partial charge in [-0.2, -0.15) is 0 Å². The van der Waals surface area contributed by atoms with Crippen LogP contribution in [0.2, 0.25) is 0 Å². The Morgan fingerprint density at radius 3 is 3.00 bits per heavy atom. The highest BCUT2D eigenvalue weighted by Crippen LogP contribution is 2.37. The molecule has 0 bridgehead atoms. The minimum Gasteiger partial charge on any atom is -0.465 e. The Morgan fingerprint density at radius 2 is 2.18 bits per heavy atom. The molecule has 2 aliphatic heterocycles. The van der Waals surface area contributed by atoms with Crippen LogP contribution in [0.5, 0.6) is 0 Å². The molecule has 4 nitrogen and oxygen atoms in total. The second kappa shape index (κ2) is 4.09. The zero-order valence-corrected chi connectivity index (χ0v) is 9.83. The summed E-state index contributed by atoms with van der Waals surface area (Å²) >= 11 is 0. The summed E-state index contributed by atoms with van der Waals surface area (Å²) in [6.45, 7) is 1.68. The minimum absolute atomic E-state index is 0.339. The largest absolute Gasteiger partial charge is 0.465 e. The molecular weight excluding hydrogens is 216 g/mol. The van der Waals surface area contributed by atoms with E-state index in [2.05, 4.69) is 17.1 Å². The first-order valence-corrected chi connectivity index (χ1v) is 6.36. The van der Waals surface area contributed by atoms with Gasteiger partial charge in [0.2, 0.25) is 0 Å². The predicted molar refractivity (Wildman–Crippen MR) is 64.3 cm³/mol. The van der Waals surface area contributed by atoms with Crippen LogP contribution in [0.3, 0.4) is 0 Å². The van der Waals surface area contributed by atoms with Gasteiger partial charge in [-0.3, -0.25) is 4.90 Å². The predicted octanol–water partition coefficient (Wildman–Crippen LogP) is 2.11. The molecule has 92 valence electrons. The average molecular weight is 234 g/mol. The van der Waals surface area contributed by atoms with Gasteiger partial charge in [0.15, 0.2) is 0 Å². The van der Waals surface area contributed by atoms with Crippen LogP contribution in [0, 0.1) is 11.8 Å². The number of fused-ring (bicyclic) bond motifs is 3. The van der Waals surface area contributed by atoms with E-state index in [9.17, 15) is 4.79 Å². The van der Waals surface area contributed by atoms with E-state index in [1.54, 1.807) is 6.20 Å². The molecule has 0 saturated carbocycles. The normalized spacial score (nSPS) is 35.4. The van der Waals surface area contributed by atoms with E-state index >= 15 is 0 Å². The Kier molecular flexibility index (Phi) is 2.57. The third-order valence-electron chi connectivity index (χ3n) is 4.30. The number of carbonyl (C=O) groups is 1. The second-order valence-corrected chi connectivity index (χ2v) is 5.17. The molecular formula is C13H18N2O2. The second-order valence-electron chi connectivity index (χ2n) is 5.17. The Labute approximate surface area is 101 Å². The van der Waals surface area contributed by atoms with E-state index in [1.165, 1.54) is 24.2 Å². The quantitative estimate of drug-likeness (QED) is 0.653. The van der Waals surface area contributed by atoms with Crippen LogP contribution >= 0.6 is 0 Å². The van der Waals surface area contributed by atoms with E-state index in [0.717, 1.165) is 12.5 Å². The zero-order chi connectivity index (χ0) is 11.8. The fourth-order valence-electron chi connectivity index (χ4n) is 3.38. The number of allylic oxidation sites excluding steroid dienone is 1. The SMILES string of the molecule is O=C(O)N1C=CN2CCC3CCC=CC3C2C1. The van der Waals surface area contributed by atoms with Gasteiger partial charge < -0.3 is 10.0 Å². The lowest BCUT2D eigenvalue weighted by Crippen LogP contribution is -2.54. The number of amides is 1. The molecule has 3 atom stereocenters. The molecule has 3 unspecified atom stereocenters. The lowest BCUT2D eigenvalue weighted by atomic mass is 9.74. The van der Waals surface area contributed by atoms with Crippen LogP contribution in [0.15, 0.2) is 24.6 Å². The fourth-order valence-corrected chi connectivity index (χ4v) is 3.38. The molecule has 4 heteroatoms. The first-order valence-electron chi connectivity index (χ1n) is 6.36. The summed E-state index contributed by atoms with van der Waals surface area (Å²) in [5.41, 5.74) is 0. The summed E-state index contributed by atoms with van der Waals surface area (Å²) in [6.07, 6.45) is 11.0. The molecule has 0 aromatic carbocycles. The van der Waals surface area contributed by atoms with Crippen molar-refractivity contribution < 1.29 is 9.90 Å². The minimum atomic E-state index is -0.845. The standard InChI is InChI=1S/C13H18N2O2/c16-13(17)15-8-7-14-6-5-10-3-1-2-4-11(10)12(14)9-15/h2,4,7-8,10-12H,1,3,5-6,9H2,(H,16,17). The molecule has 0 aromatic heterocycles. The summed E-state index contributed by atoms with van der Waals surface area (Å²) < 4.78 is 0. The van der Waals surface area contributed by atoms with Crippen LogP contribution in [0.1, 0.15) is 19.3 Å². The summed E-state index contributed by atoms with van der Waals surface area (Å²) in [5.74, 6) is 1.28. The van der Waals surface area contributed by atoms with Crippen molar-refractivity contribution in [3.63, 3.8) is 0 Å². The first kappa shape index (κ1) is 10.7. The van der Waals surface area contributed by atoms with Crippen molar-refractivity contribution in [2.24, 2.45) is 11.8 Å². The van der Waals surface area contributed by atoms with Crippen LogP contribution in [-0.4, -0.2) is 40.1 Å². The summed E-state index contributed by atoms with van der Waals surface area (Å²) in [7, 11) is 0. The van der Waals surface area contributed by atoms with Gasteiger partial charge >= 0.3 is 6.09 Å². The Balaban J connectivity index is 1.83. The highest BCUT2D eigenvalue weighted by atomic mass is 16.4. The highest BCUT2D eigenvalue weighted by Gasteiger charge is 2.39. The molecule has 1 saturated heterocycles. The van der Waals surface area contributed by atoms with Gasteiger partial charge in [0.25, 0.3) is 0 Å². The Morgan fingerprint density at radius 1 is 1.29 bits per heavy atom. The van der Waals surface area contributed by atoms with Gasteiger partial charge in [0, 0.05) is 31.4 Å². The maximum atomic E-state index is 11.0. The number of carboxylic acid groups (broad SMARTS) is 1. The molecule has 2 heterocycles. The molecule has 1 fully saturated rings. The highest BCUT2D eigenvalue weighted by molar-refractivity contribution is 5.66. The van der Waals surface area contributed by atoms with Gasteiger partial charge in [-0.1, -0.05) is 12.2 Å². The van der Waals surface area contributed by atoms with Crippen molar-refractivity contribution in [3.05, 3.63) is 24.6 Å². The van der Waals surface area contributed by atoms with Crippen molar-refractivity contribution in [1.29, 1.82) is 0 Å². The Hall–Kier alpha value is -1.45. The van der Waals surface area contributed by atoms with Crippen molar-refractivity contribution in [2.75, 3.05) is 13.1 Å². The van der Waals surface area contributed by atoms with Gasteiger partial charge in [0.05, 0.1) is 6.04 Å². The molecule has 3 aliphatic rings.